The van der Waals surface area contributed by atoms with Crippen LogP contribution in [0, 0.1) is 17.8 Å². The summed E-state index contributed by atoms with van der Waals surface area (Å²) in [7, 11) is 0. The van der Waals surface area contributed by atoms with Crippen molar-refractivity contribution in [1.82, 2.24) is 10.2 Å². The zero-order chi connectivity index (χ0) is 11.8. The van der Waals surface area contributed by atoms with Crippen molar-refractivity contribution in [3.8, 4) is 0 Å². The van der Waals surface area contributed by atoms with Gasteiger partial charge in [0.25, 0.3) is 0 Å². The third-order valence-electron chi connectivity index (χ3n) is 5.18. The molecule has 0 bridgehead atoms. The van der Waals surface area contributed by atoms with Gasteiger partial charge < -0.3 is 5.32 Å². The van der Waals surface area contributed by atoms with Gasteiger partial charge in [-0.15, -0.1) is 0 Å². The summed E-state index contributed by atoms with van der Waals surface area (Å²) in [6.07, 6.45) is 7.44. The second kappa shape index (κ2) is 4.89. The summed E-state index contributed by atoms with van der Waals surface area (Å²) in [4.78, 5) is 2.85. The van der Waals surface area contributed by atoms with Crippen LogP contribution in [-0.2, 0) is 0 Å². The molecule has 1 heterocycles. The van der Waals surface area contributed by atoms with E-state index in [0.717, 1.165) is 29.8 Å². The Morgan fingerprint density at radius 1 is 1.18 bits per heavy atom. The highest BCUT2D eigenvalue weighted by Crippen LogP contribution is 2.38. The first-order valence-corrected chi connectivity index (χ1v) is 7.71. The molecular weight excluding hydrogens is 208 g/mol. The first kappa shape index (κ1) is 12.0. The van der Waals surface area contributed by atoms with Gasteiger partial charge in [0.15, 0.2) is 0 Å². The highest BCUT2D eigenvalue weighted by Gasteiger charge is 2.40. The molecule has 2 saturated carbocycles. The fourth-order valence-electron chi connectivity index (χ4n) is 3.46. The van der Waals surface area contributed by atoms with E-state index in [1.165, 1.54) is 51.7 Å². The maximum Gasteiger partial charge on any atom is 0.0249 e. The molecule has 0 aromatic rings. The van der Waals surface area contributed by atoms with Crippen LogP contribution in [0.15, 0.2) is 0 Å². The highest BCUT2D eigenvalue weighted by molar-refractivity contribution is 4.96. The first-order valence-electron chi connectivity index (χ1n) is 7.71. The first-order chi connectivity index (χ1) is 8.24. The zero-order valence-corrected chi connectivity index (χ0v) is 11.5. The molecule has 0 spiro atoms. The molecule has 0 amide bonds. The van der Waals surface area contributed by atoms with E-state index in [1.54, 1.807) is 0 Å². The Bertz CT molecular complexity index is 256. The van der Waals surface area contributed by atoms with Crippen LogP contribution < -0.4 is 5.32 Å². The Morgan fingerprint density at radius 3 is 2.47 bits per heavy atom. The Labute approximate surface area is 106 Å². The fourth-order valence-corrected chi connectivity index (χ4v) is 3.46. The highest BCUT2D eigenvalue weighted by atomic mass is 15.2. The van der Waals surface area contributed by atoms with Crippen LogP contribution in [0.5, 0.6) is 0 Å². The molecule has 0 aromatic carbocycles. The average molecular weight is 236 g/mol. The van der Waals surface area contributed by atoms with Crippen LogP contribution in [0.3, 0.4) is 0 Å². The van der Waals surface area contributed by atoms with E-state index in [4.69, 9.17) is 0 Å². The normalized spacial score (nSPS) is 36.2. The Hall–Kier alpha value is -0.0800. The standard InChI is InChI=1S/C15H28N2/c1-11(2)14-10-17(9-12-4-3-5-12)15(8-16-14)13-6-7-13/h11-16H,3-10H2,1-2H3. The number of hydrogen-bond acceptors (Lipinski definition) is 2. The lowest BCUT2D eigenvalue weighted by atomic mass is 9.84. The molecule has 2 aliphatic carbocycles. The average Bonchev–Trinajstić information content (AvgIpc) is 3.07. The van der Waals surface area contributed by atoms with Gasteiger partial charge in [-0.05, 0) is 43.4 Å². The van der Waals surface area contributed by atoms with Gasteiger partial charge in [0, 0.05) is 31.7 Å². The number of piperazine rings is 1. The summed E-state index contributed by atoms with van der Waals surface area (Å²) in [6, 6.07) is 1.59. The van der Waals surface area contributed by atoms with Crippen molar-refractivity contribution >= 4 is 0 Å². The third kappa shape index (κ3) is 2.68. The lowest BCUT2D eigenvalue weighted by Gasteiger charge is -2.45. The minimum atomic E-state index is 0.727. The summed E-state index contributed by atoms with van der Waals surface area (Å²) in [5.41, 5.74) is 0. The van der Waals surface area contributed by atoms with Crippen molar-refractivity contribution < 1.29 is 0 Å². The summed E-state index contributed by atoms with van der Waals surface area (Å²) >= 11 is 0. The van der Waals surface area contributed by atoms with Crippen molar-refractivity contribution in [2.45, 2.75) is 58.0 Å². The van der Waals surface area contributed by atoms with E-state index < -0.39 is 0 Å². The van der Waals surface area contributed by atoms with Gasteiger partial charge in [0.2, 0.25) is 0 Å². The van der Waals surface area contributed by atoms with Crippen molar-refractivity contribution in [2.24, 2.45) is 17.8 Å². The van der Waals surface area contributed by atoms with E-state index in [1.807, 2.05) is 0 Å². The van der Waals surface area contributed by atoms with E-state index in [0.29, 0.717) is 0 Å². The summed E-state index contributed by atoms with van der Waals surface area (Å²) in [6.45, 7) is 8.66. The number of rotatable bonds is 4. The molecule has 0 aromatic heterocycles. The smallest absolute Gasteiger partial charge is 0.0249 e. The predicted molar refractivity (Wildman–Crippen MR) is 72.1 cm³/mol. The number of nitrogens with one attached hydrogen (secondary N) is 1. The molecule has 17 heavy (non-hydrogen) atoms. The lowest BCUT2D eigenvalue weighted by Crippen LogP contribution is -2.59. The van der Waals surface area contributed by atoms with Gasteiger partial charge in [-0.25, -0.2) is 0 Å². The molecule has 98 valence electrons. The van der Waals surface area contributed by atoms with E-state index >= 15 is 0 Å². The molecule has 3 rings (SSSR count). The van der Waals surface area contributed by atoms with Crippen molar-refractivity contribution in [3.05, 3.63) is 0 Å². The molecule has 1 saturated heterocycles. The number of hydrogen-bond donors (Lipinski definition) is 1. The van der Waals surface area contributed by atoms with Gasteiger partial charge >= 0.3 is 0 Å². The largest absolute Gasteiger partial charge is 0.311 e. The summed E-state index contributed by atoms with van der Waals surface area (Å²) in [5, 5.41) is 3.79. The minimum absolute atomic E-state index is 0.727. The van der Waals surface area contributed by atoms with Gasteiger partial charge in [0.05, 0.1) is 0 Å². The zero-order valence-electron chi connectivity index (χ0n) is 11.5. The molecule has 2 heteroatoms. The summed E-state index contributed by atoms with van der Waals surface area (Å²) < 4.78 is 0. The monoisotopic (exact) mass is 236 g/mol. The summed E-state index contributed by atoms with van der Waals surface area (Å²) in [5.74, 6) is 2.83. The molecule has 3 aliphatic rings. The molecule has 1 aliphatic heterocycles. The van der Waals surface area contributed by atoms with Gasteiger partial charge in [-0.1, -0.05) is 20.3 Å². The van der Waals surface area contributed by atoms with Crippen LogP contribution >= 0.6 is 0 Å². The van der Waals surface area contributed by atoms with Crippen molar-refractivity contribution in [2.75, 3.05) is 19.6 Å². The van der Waals surface area contributed by atoms with Crippen molar-refractivity contribution in [1.29, 1.82) is 0 Å². The van der Waals surface area contributed by atoms with E-state index in [9.17, 15) is 0 Å². The van der Waals surface area contributed by atoms with Gasteiger partial charge in [0.1, 0.15) is 0 Å². The minimum Gasteiger partial charge on any atom is -0.311 e. The second-order valence-corrected chi connectivity index (χ2v) is 6.91. The second-order valence-electron chi connectivity index (χ2n) is 6.91. The molecule has 0 radical (unpaired) electrons. The quantitative estimate of drug-likeness (QED) is 0.807. The number of nitrogens with zero attached hydrogens (tertiary/aromatic N) is 1. The molecule has 3 fully saturated rings. The van der Waals surface area contributed by atoms with Crippen LogP contribution in [-0.4, -0.2) is 36.6 Å². The third-order valence-corrected chi connectivity index (χ3v) is 5.18. The molecule has 2 atom stereocenters. The molecule has 2 nitrogen and oxygen atoms in total. The fraction of sp³-hybridized carbons (Fsp3) is 1.00. The molecule has 1 N–H and O–H groups in total. The predicted octanol–water partition coefficient (Wildman–Crippen LogP) is 2.49. The van der Waals surface area contributed by atoms with Crippen LogP contribution in [0.2, 0.25) is 0 Å². The van der Waals surface area contributed by atoms with Crippen LogP contribution in [0.4, 0.5) is 0 Å². The van der Waals surface area contributed by atoms with Gasteiger partial charge in [-0.3, -0.25) is 4.90 Å². The Morgan fingerprint density at radius 2 is 1.94 bits per heavy atom. The maximum atomic E-state index is 3.79. The molecular formula is C15H28N2. The van der Waals surface area contributed by atoms with Crippen LogP contribution in [0.25, 0.3) is 0 Å². The van der Waals surface area contributed by atoms with E-state index in [2.05, 4.69) is 24.1 Å². The topological polar surface area (TPSA) is 15.3 Å². The Balaban J connectivity index is 1.60. The Kier molecular flexibility index (Phi) is 3.45. The van der Waals surface area contributed by atoms with E-state index in [-0.39, 0.29) is 0 Å². The van der Waals surface area contributed by atoms with Gasteiger partial charge in [-0.2, -0.15) is 0 Å². The van der Waals surface area contributed by atoms with Crippen LogP contribution in [0.1, 0.15) is 46.0 Å². The van der Waals surface area contributed by atoms with Crippen molar-refractivity contribution in [3.63, 3.8) is 0 Å². The molecule has 2 unspecified atom stereocenters. The maximum absolute atomic E-state index is 3.79. The lowest BCUT2D eigenvalue weighted by molar-refractivity contribution is 0.0670. The SMILES string of the molecule is CC(C)C1CN(CC2CCC2)C(C2CC2)CN1.